The molecule has 0 bridgehead atoms. The molecule has 2 atom stereocenters. The number of allylic oxidation sites excluding steroid dienone is 2. The summed E-state index contributed by atoms with van der Waals surface area (Å²) in [7, 11) is 0. The Labute approximate surface area is 270 Å². The van der Waals surface area contributed by atoms with Crippen LogP contribution in [0.25, 0.3) is 56.0 Å². The van der Waals surface area contributed by atoms with Crippen LogP contribution in [0.15, 0.2) is 132 Å². The minimum atomic E-state index is -2.13. The van der Waals surface area contributed by atoms with E-state index in [1.54, 1.807) is 22.3 Å². The van der Waals surface area contributed by atoms with E-state index in [1.165, 1.54) is 54.9 Å². The van der Waals surface area contributed by atoms with Crippen LogP contribution in [0.5, 0.6) is 0 Å². The maximum atomic E-state index is 2.66. The molecule has 0 saturated carbocycles. The zero-order valence-corrected chi connectivity index (χ0v) is 29.5. The molecule has 0 aliphatic heterocycles. The van der Waals surface area contributed by atoms with Gasteiger partial charge in [0.05, 0.1) is 0 Å². The van der Waals surface area contributed by atoms with Crippen molar-refractivity contribution >= 4 is 39.6 Å². The number of rotatable bonds is 5. The molecule has 0 radical (unpaired) electrons. The van der Waals surface area contributed by atoms with Gasteiger partial charge in [0.2, 0.25) is 0 Å². The molecule has 0 N–H and O–H groups in total. The van der Waals surface area contributed by atoms with E-state index in [-0.39, 0.29) is 0 Å². The Morgan fingerprint density at radius 2 is 0.841 bits per heavy atom. The van der Waals surface area contributed by atoms with E-state index in [2.05, 4.69) is 160 Å². The molecule has 2 aliphatic carbocycles. The predicted molar refractivity (Wildman–Crippen MR) is 190 cm³/mol. The fourth-order valence-corrected chi connectivity index (χ4v) is 31.4. The molecule has 6 aromatic carbocycles. The normalized spacial score (nSPS) is 17.1. The first kappa shape index (κ1) is 27.9. The molecule has 0 fully saturated rings. The Balaban J connectivity index is 1.26. The zero-order valence-electron chi connectivity index (χ0n) is 25.9. The summed E-state index contributed by atoms with van der Waals surface area (Å²) >= 11 is -2.13. The topological polar surface area (TPSA) is 0 Å². The molecule has 2 unspecified atom stereocenters. The molecule has 6 aromatic rings. The molecule has 8 rings (SSSR count). The van der Waals surface area contributed by atoms with Crippen molar-refractivity contribution in [3.8, 4) is 22.3 Å². The van der Waals surface area contributed by atoms with Crippen molar-refractivity contribution in [2.75, 3.05) is 0 Å². The van der Waals surface area contributed by atoms with E-state index < -0.39 is 26.8 Å². The molecule has 0 amide bonds. The second-order valence-electron chi connectivity index (χ2n) is 13.0. The van der Waals surface area contributed by atoms with Crippen LogP contribution in [0, 0.1) is 0 Å². The van der Waals surface area contributed by atoms with Gasteiger partial charge in [0.15, 0.2) is 0 Å². The molecule has 0 heterocycles. The van der Waals surface area contributed by atoms with Gasteiger partial charge in [-0.25, -0.2) is 0 Å². The molecule has 2 heteroatoms. The summed E-state index contributed by atoms with van der Waals surface area (Å²) in [5.41, 5.74) is 14.9. The monoisotopic (exact) mass is 659 g/mol. The summed E-state index contributed by atoms with van der Waals surface area (Å²) in [4.78, 5) is 0. The van der Waals surface area contributed by atoms with Crippen LogP contribution in [-0.2, 0) is 20.9 Å². The van der Waals surface area contributed by atoms with Gasteiger partial charge < -0.3 is 0 Å². The Kier molecular flexibility index (Phi) is 7.04. The molecular formula is C42H37SiZr. The third-order valence-electron chi connectivity index (χ3n) is 10.0. The van der Waals surface area contributed by atoms with Crippen LogP contribution in [0.4, 0.5) is 0 Å². The van der Waals surface area contributed by atoms with Crippen molar-refractivity contribution in [1.82, 2.24) is 0 Å². The van der Waals surface area contributed by atoms with Gasteiger partial charge in [0.1, 0.15) is 0 Å². The van der Waals surface area contributed by atoms with Crippen molar-refractivity contribution in [2.45, 2.75) is 34.2 Å². The van der Waals surface area contributed by atoms with Crippen LogP contribution in [0.3, 0.4) is 0 Å². The average molecular weight is 661 g/mol. The third-order valence-corrected chi connectivity index (χ3v) is 32.2. The van der Waals surface area contributed by atoms with E-state index in [0.29, 0.717) is 7.25 Å². The molecule has 2 aliphatic rings. The molecule has 44 heavy (non-hydrogen) atoms. The average Bonchev–Trinajstić information content (AvgIpc) is 3.56. The van der Waals surface area contributed by atoms with Gasteiger partial charge in [-0.15, -0.1) is 0 Å². The zero-order chi connectivity index (χ0) is 29.9. The van der Waals surface area contributed by atoms with E-state index in [0.717, 1.165) is 0 Å². The first-order valence-corrected chi connectivity index (χ1v) is 25.9. The van der Waals surface area contributed by atoms with Gasteiger partial charge in [-0.05, 0) is 0 Å². The fourth-order valence-electron chi connectivity index (χ4n) is 8.21. The number of fused-ring (bicyclic) bond motifs is 4. The maximum absolute atomic E-state index is 2.66. The molecule has 0 aromatic heterocycles. The number of hydrogen-bond donors (Lipinski definition) is 0. The number of benzene rings is 6. The van der Waals surface area contributed by atoms with Gasteiger partial charge in [0.25, 0.3) is 0 Å². The first-order valence-electron chi connectivity index (χ1n) is 16.0. The van der Waals surface area contributed by atoms with Gasteiger partial charge in [-0.3, -0.25) is 0 Å². The van der Waals surface area contributed by atoms with Crippen LogP contribution in [0.1, 0.15) is 43.4 Å². The summed E-state index contributed by atoms with van der Waals surface area (Å²) < 4.78 is 1.27. The third kappa shape index (κ3) is 4.41. The van der Waals surface area contributed by atoms with Crippen molar-refractivity contribution in [3.63, 3.8) is 0 Å². The van der Waals surface area contributed by atoms with Crippen molar-refractivity contribution in [1.29, 1.82) is 0 Å². The van der Waals surface area contributed by atoms with E-state index in [1.807, 2.05) is 0 Å². The van der Waals surface area contributed by atoms with Crippen molar-refractivity contribution < 1.29 is 20.9 Å². The molecule has 0 saturated heterocycles. The standard InChI is InChI=1S/2C20H15.C2H7Si.Zr/c2*1-14-12-16-8-5-11-19(20(16)13-14)18-10-4-7-15-6-2-3-9-17(15)18;1-3-2;/h2*2-13H,1H3;3H,1-2H3;. The van der Waals surface area contributed by atoms with Gasteiger partial charge in [-0.1, -0.05) is 0 Å². The van der Waals surface area contributed by atoms with Crippen molar-refractivity contribution in [3.05, 3.63) is 155 Å². The minimum absolute atomic E-state index is 0.634. The fraction of sp³-hybridized carbons (Fsp3) is 0.143. The summed E-state index contributed by atoms with van der Waals surface area (Å²) in [6.45, 7) is 10.2. The Hall–Kier alpha value is -3.58. The second kappa shape index (κ2) is 11.1. The Bertz CT molecular complexity index is 1990. The molecule has 0 nitrogen and oxygen atoms in total. The SMILES string of the molecule is CC1=Cc2c(-c3cccc4ccccc34)cccc2[CH]1[Zr]([CH]1C(C)=Cc2c(-c3cccc4ccccc34)cccc21)[SiH](C)C. The van der Waals surface area contributed by atoms with Crippen molar-refractivity contribution in [2.24, 2.45) is 0 Å². The predicted octanol–water partition coefficient (Wildman–Crippen LogP) is 11.5. The Morgan fingerprint density at radius 3 is 1.30 bits per heavy atom. The molecule has 213 valence electrons. The summed E-state index contributed by atoms with van der Waals surface area (Å²) in [5, 5.41) is 5.32. The number of hydrogen-bond acceptors (Lipinski definition) is 0. The van der Waals surface area contributed by atoms with E-state index in [9.17, 15) is 0 Å². The first-order chi connectivity index (χ1) is 21.5. The summed E-state index contributed by atoms with van der Waals surface area (Å²) in [6.07, 6.45) is 5.13. The van der Waals surface area contributed by atoms with Crippen LogP contribution in [0.2, 0.25) is 13.1 Å². The summed E-state index contributed by atoms with van der Waals surface area (Å²) in [6, 6.07) is 45.6. The quantitative estimate of drug-likeness (QED) is 0.161. The van der Waals surface area contributed by atoms with Crippen LogP contribution in [-0.4, -0.2) is 5.92 Å². The van der Waals surface area contributed by atoms with Gasteiger partial charge in [0, 0.05) is 0 Å². The van der Waals surface area contributed by atoms with Crippen LogP contribution < -0.4 is 0 Å². The van der Waals surface area contributed by atoms with Crippen LogP contribution >= 0.6 is 0 Å². The van der Waals surface area contributed by atoms with E-state index >= 15 is 0 Å². The van der Waals surface area contributed by atoms with E-state index in [4.69, 9.17) is 0 Å². The second-order valence-corrected chi connectivity index (χ2v) is 33.0. The molecule has 0 spiro atoms. The molecular weight excluding hydrogens is 624 g/mol. The van der Waals surface area contributed by atoms with Gasteiger partial charge in [-0.2, -0.15) is 0 Å². The van der Waals surface area contributed by atoms with Gasteiger partial charge >= 0.3 is 272 Å². The summed E-state index contributed by atoms with van der Waals surface area (Å²) in [5.74, 6) is -0.931. The Morgan fingerprint density at radius 1 is 0.455 bits per heavy atom.